The van der Waals surface area contributed by atoms with Gasteiger partial charge in [0.25, 0.3) is 0 Å². The van der Waals surface area contributed by atoms with Crippen molar-refractivity contribution >= 4 is 0 Å². The van der Waals surface area contributed by atoms with Crippen molar-refractivity contribution in [1.82, 2.24) is 0 Å². The summed E-state index contributed by atoms with van der Waals surface area (Å²) in [5.74, 6) is 0. The second-order valence-electron chi connectivity index (χ2n) is 2.70. The predicted molar refractivity (Wildman–Crippen MR) is 31.7 cm³/mol. The number of ether oxygens (including phenoxy) is 1. The molecule has 1 heteroatoms. The van der Waals surface area contributed by atoms with Crippen molar-refractivity contribution in [3.63, 3.8) is 0 Å². The highest BCUT2D eigenvalue weighted by molar-refractivity contribution is 5.14. The van der Waals surface area contributed by atoms with Crippen molar-refractivity contribution in [2.75, 3.05) is 0 Å². The van der Waals surface area contributed by atoms with Gasteiger partial charge in [0.05, 0.1) is 11.7 Å². The molecule has 0 radical (unpaired) electrons. The van der Waals surface area contributed by atoms with Crippen LogP contribution in [0.25, 0.3) is 0 Å². The highest BCUT2D eigenvalue weighted by Crippen LogP contribution is 2.55. The lowest BCUT2D eigenvalue weighted by molar-refractivity contribution is 0.316. The number of rotatable bonds is 2. The van der Waals surface area contributed by atoms with Gasteiger partial charge in [-0.2, -0.15) is 0 Å². The minimum atomic E-state index is 0.321. The van der Waals surface area contributed by atoms with Gasteiger partial charge in [-0.25, -0.2) is 0 Å². The van der Waals surface area contributed by atoms with E-state index >= 15 is 0 Å². The summed E-state index contributed by atoms with van der Waals surface area (Å²) >= 11 is 0. The molecule has 8 heavy (non-hydrogen) atoms. The molecule has 0 aromatic heterocycles. The Hall–Kier alpha value is -0.300. The maximum atomic E-state index is 5.38. The molecule has 2 aliphatic rings. The van der Waals surface area contributed by atoms with Crippen LogP contribution < -0.4 is 0 Å². The van der Waals surface area contributed by atoms with Gasteiger partial charge in [-0.05, 0) is 19.3 Å². The number of fused-ring (bicyclic) bond motifs is 1. The SMILES string of the molecule is C=CCC12CCC1O2. The van der Waals surface area contributed by atoms with Crippen LogP contribution in [-0.2, 0) is 4.74 Å². The molecule has 2 unspecified atom stereocenters. The predicted octanol–water partition coefficient (Wildman–Crippen LogP) is 1.49. The molecule has 0 N–H and O–H groups in total. The van der Waals surface area contributed by atoms with Gasteiger partial charge in [-0.15, -0.1) is 6.58 Å². The number of epoxide rings is 1. The molecule has 1 aliphatic carbocycles. The average Bonchev–Trinajstić information content (AvgIpc) is 2.19. The van der Waals surface area contributed by atoms with Crippen molar-refractivity contribution in [2.45, 2.75) is 31.0 Å². The normalized spacial score (nSPS) is 49.2. The molecule has 0 spiro atoms. The van der Waals surface area contributed by atoms with Crippen LogP contribution in [0.5, 0.6) is 0 Å². The van der Waals surface area contributed by atoms with Gasteiger partial charge in [-0.3, -0.25) is 0 Å². The third-order valence-electron chi connectivity index (χ3n) is 2.23. The van der Waals surface area contributed by atoms with Crippen LogP contribution in [0.1, 0.15) is 19.3 Å². The van der Waals surface area contributed by atoms with Crippen LogP contribution in [0.2, 0.25) is 0 Å². The Bertz CT molecular complexity index is 126. The van der Waals surface area contributed by atoms with Gasteiger partial charge in [0.15, 0.2) is 0 Å². The quantitative estimate of drug-likeness (QED) is 0.387. The van der Waals surface area contributed by atoms with Gasteiger partial charge in [0, 0.05) is 0 Å². The molecule has 44 valence electrons. The first-order valence-corrected chi connectivity index (χ1v) is 3.16. The van der Waals surface area contributed by atoms with Crippen molar-refractivity contribution < 1.29 is 4.74 Å². The molecule has 2 rings (SSSR count). The van der Waals surface area contributed by atoms with Gasteiger partial charge >= 0.3 is 0 Å². The summed E-state index contributed by atoms with van der Waals surface area (Å²) in [7, 11) is 0. The van der Waals surface area contributed by atoms with Gasteiger partial charge < -0.3 is 4.74 Å². The Balaban J connectivity index is 1.97. The summed E-state index contributed by atoms with van der Waals surface area (Å²) < 4.78 is 5.38. The fourth-order valence-electron chi connectivity index (χ4n) is 1.48. The third kappa shape index (κ3) is 0.360. The first-order valence-electron chi connectivity index (χ1n) is 3.16. The Morgan fingerprint density at radius 1 is 1.88 bits per heavy atom. The van der Waals surface area contributed by atoms with Crippen LogP contribution in [0.3, 0.4) is 0 Å². The molecule has 0 aromatic carbocycles. The maximum absolute atomic E-state index is 5.38. The highest BCUT2D eigenvalue weighted by atomic mass is 16.6. The van der Waals surface area contributed by atoms with E-state index < -0.39 is 0 Å². The Morgan fingerprint density at radius 2 is 2.75 bits per heavy atom. The summed E-state index contributed by atoms with van der Waals surface area (Å²) in [5, 5.41) is 0. The van der Waals surface area contributed by atoms with E-state index in [4.69, 9.17) is 4.74 Å². The van der Waals surface area contributed by atoms with Gasteiger partial charge in [0.1, 0.15) is 0 Å². The molecular weight excluding hydrogens is 100 g/mol. The van der Waals surface area contributed by atoms with E-state index in [-0.39, 0.29) is 0 Å². The van der Waals surface area contributed by atoms with E-state index in [2.05, 4.69) is 6.58 Å². The molecule has 1 nitrogen and oxygen atoms in total. The average molecular weight is 110 g/mol. The van der Waals surface area contributed by atoms with Crippen molar-refractivity contribution in [2.24, 2.45) is 0 Å². The summed E-state index contributed by atoms with van der Waals surface area (Å²) in [6.07, 6.45) is 6.20. The first kappa shape index (κ1) is 4.57. The van der Waals surface area contributed by atoms with Crippen molar-refractivity contribution in [3.8, 4) is 0 Å². The minimum absolute atomic E-state index is 0.321. The Morgan fingerprint density at radius 3 is 2.88 bits per heavy atom. The molecule has 1 heterocycles. The van der Waals surface area contributed by atoms with E-state index in [1.54, 1.807) is 0 Å². The maximum Gasteiger partial charge on any atom is 0.0983 e. The van der Waals surface area contributed by atoms with E-state index in [0.29, 0.717) is 11.7 Å². The molecule has 1 saturated carbocycles. The van der Waals surface area contributed by atoms with E-state index in [1.165, 1.54) is 12.8 Å². The fraction of sp³-hybridized carbons (Fsp3) is 0.714. The number of hydrogen-bond donors (Lipinski definition) is 0. The molecule has 2 atom stereocenters. The van der Waals surface area contributed by atoms with E-state index in [1.807, 2.05) is 6.08 Å². The van der Waals surface area contributed by atoms with E-state index in [0.717, 1.165) is 6.42 Å². The molecule has 0 aromatic rings. The zero-order valence-corrected chi connectivity index (χ0v) is 4.89. The summed E-state index contributed by atoms with van der Waals surface area (Å²) in [6.45, 7) is 3.67. The van der Waals surface area contributed by atoms with Crippen LogP contribution in [0.4, 0.5) is 0 Å². The zero-order chi connectivity index (χ0) is 5.61. The molecule has 2 fully saturated rings. The topological polar surface area (TPSA) is 12.5 Å². The smallest absolute Gasteiger partial charge is 0.0983 e. The van der Waals surface area contributed by atoms with Gasteiger partial charge in [0.2, 0.25) is 0 Å². The van der Waals surface area contributed by atoms with E-state index in [9.17, 15) is 0 Å². The standard InChI is InChI=1S/C7H10O/c1-2-4-7-5-3-6(7)8-7/h2,6H,1,3-5H2. The summed E-state index contributed by atoms with van der Waals surface area (Å²) in [6, 6.07) is 0. The van der Waals surface area contributed by atoms with Crippen molar-refractivity contribution in [3.05, 3.63) is 12.7 Å². The highest BCUT2D eigenvalue weighted by Gasteiger charge is 2.62. The van der Waals surface area contributed by atoms with Gasteiger partial charge in [-0.1, -0.05) is 6.08 Å². The molecule has 1 aliphatic heterocycles. The summed E-state index contributed by atoms with van der Waals surface area (Å²) in [4.78, 5) is 0. The second kappa shape index (κ2) is 1.16. The fourth-order valence-corrected chi connectivity index (χ4v) is 1.48. The van der Waals surface area contributed by atoms with Crippen LogP contribution in [-0.4, -0.2) is 11.7 Å². The second-order valence-corrected chi connectivity index (χ2v) is 2.70. The molecule has 0 amide bonds. The lowest BCUT2D eigenvalue weighted by atomic mass is 9.83. The minimum Gasteiger partial charge on any atom is -0.366 e. The third-order valence-corrected chi connectivity index (χ3v) is 2.23. The number of hydrogen-bond acceptors (Lipinski definition) is 1. The molecule has 1 saturated heterocycles. The molecule has 0 bridgehead atoms. The lowest BCUT2D eigenvalue weighted by Crippen LogP contribution is -2.23. The monoisotopic (exact) mass is 110 g/mol. The zero-order valence-electron chi connectivity index (χ0n) is 4.89. The van der Waals surface area contributed by atoms with Crippen LogP contribution in [0, 0.1) is 0 Å². The largest absolute Gasteiger partial charge is 0.366 e. The lowest BCUT2D eigenvalue weighted by Gasteiger charge is -2.16. The first-order chi connectivity index (χ1) is 3.87. The van der Waals surface area contributed by atoms with Crippen LogP contribution in [0.15, 0.2) is 12.7 Å². The van der Waals surface area contributed by atoms with Crippen LogP contribution >= 0.6 is 0 Å². The van der Waals surface area contributed by atoms with Crippen molar-refractivity contribution in [1.29, 1.82) is 0 Å². The summed E-state index contributed by atoms with van der Waals surface area (Å²) in [5.41, 5.74) is 0.321. The molecular formula is C7H10O. The Kier molecular flexibility index (Phi) is 0.662. The Labute approximate surface area is 49.3 Å².